The predicted octanol–water partition coefficient (Wildman–Crippen LogP) is 7.29. The number of amides is 1. The summed E-state index contributed by atoms with van der Waals surface area (Å²) in [5.41, 5.74) is 4.80. The number of ether oxygens (including phenoxy) is 1. The number of furan rings is 1. The molecule has 6 aromatic rings. The molecule has 0 aliphatic heterocycles. The van der Waals surface area contributed by atoms with Crippen LogP contribution >= 0.6 is 0 Å². The van der Waals surface area contributed by atoms with Crippen LogP contribution < -0.4 is 15.0 Å². The monoisotopic (exact) mass is 553 g/mol. The molecule has 0 spiro atoms. The van der Waals surface area contributed by atoms with E-state index in [0.717, 1.165) is 16.8 Å². The van der Waals surface area contributed by atoms with Crippen molar-refractivity contribution in [3.63, 3.8) is 0 Å². The molecular formula is C32H25F2N3O4. The van der Waals surface area contributed by atoms with Gasteiger partial charge >= 0.3 is 0 Å². The number of hydrogen-bond acceptors (Lipinski definition) is 6. The van der Waals surface area contributed by atoms with Gasteiger partial charge in [0.25, 0.3) is 5.91 Å². The highest BCUT2D eigenvalue weighted by Crippen LogP contribution is 2.43. The highest BCUT2D eigenvalue weighted by molar-refractivity contribution is 6.13. The fraction of sp³-hybridized carbons (Fsp3) is 0.125. The first-order valence-electron chi connectivity index (χ1n) is 12.8. The Hall–Kier alpha value is -5.18. The third-order valence-electron chi connectivity index (χ3n) is 6.96. The number of aromatic nitrogens is 1. The van der Waals surface area contributed by atoms with Gasteiger partial charge in [0.2, 0.25) is 5.89 Å². The molecule has 1 amide bonds. The number of hydrogen-bond donors (Lipinski definition) is 1. The number of carbonyl (C=O) groups excluding carboxylic acids is 1. The van der Waals surface area contributed by atoms with Crippen LogP contribution in [0.3, 0.4) is 0 Å². The van der Waals surface area contributed by atoms with Gasteiger partial charge in [-0.15, -0.1) is 0 Å². The van der Waals surface area contributed by atoms with Crippen LogP contribution in [0.5, 0.6) is 5.75 Å². The van der Waals surface area contributed by atoms with Gasteiger partial charge in [0.05, 0.1) is 18.2 Å². The minimum Gasteiger partial charge on any atom is -0.496 e. The van der Waals surface area contributed by atoms with Gasteiger partial charge in [-0.25, -0.2) is 13.8 Å². The number of nitrogens with zero attached hydrogens (tertiary/aromatic N) is 2. The molecule has 2 heterocycles. The lowest BCUT2D eigenvalue weighted by molar-refractivity contribution is 0.0964. The number of benzene rings is 4. The zero-order valence-corrected chi connectivity index (χ0v) is 22.7. The maximum atomic E-state index is 14.4. The molecule has 0 aliphatic carbocycles. The fourth-order valence-corrected chi connectivity index (χ4v) is 4.96. The van der Waals surface area contributed by atoms with Gasteiger partial charge in [0.15, 0.2) is 11.4 Å². The topological polar surface area (TPSA) is 80.7 Å². The molecule has 0 fully saturated rings. The summed E-state index contributed by atoms with van der Waals surface area (Å²) in [6, 6.07) is 19.6. The lowest BCUT2D eigenvalue weighted by atomic mass is 9.96. The van der Waals surface area contributed by atoms with Gasteiger partial charge < -0.3 is 23.8 Å². The lowest BCUT2D eigenvalue weighted by Gasteiger charge is -2.19. The van der Waals surface area contributed by atoms with E-state index in [1.807, 2.05) is 43.3 Å². The third-order valence-corrected chi connectivity index (χ3v) is 6.96. The molecule has 0 saturated heterocycles. The second kappa shape index (κ2) is 10.1. The summed E-state index contributed by atoms with van der Waals surface area (Å²) in [5.74, 6) is -0.154. The van der Waals surface area contributed by atoms with E-state index in [4.69, 9.17) is 13.6 Å². The number of anilines is 1. The molecule has 41 heavy (non-hydrogen) atoms. The molecule has 2 aromatic heterocycles. The average Bonchev–Trinajstić information content (AvgIpc) is 3.58. The van der Waals surface area contributed by atoms with Crippen LogP contribution in [-0.4, -0.2) is 39.1 Å². The van der Waals surface area contributed by atoms with E-state index in [1.165, 1.54) is 25.3 Å². The molecule has 0 saturated carbocycles. The second-order valence-electron chi connectivity index (χ2n) is 9.67. The molecule has 0 aliphatic rings. The first-order valence-corrected chi connectivity index (χ1v) is 12.8. The smallest absolute Gasteiger partial charge is 0.255 e. The van der Waals surface area contributed by atoms with E-state index < -0.39 is 5.82 Å². The summed E-state index contributed by atoms with van der Waals surface area (Å²) in [5, 5.41) is 3.28. The van der Waals surface area contributed by atoms with Crippen LogP contribution in [-0.2, 0) is 0 Å². The Morgan fingerprint density at radius 3 is 2.34 bits per heavy atom. The number of nitrogens with one attached hydrogen (secondary N) is 1. The molecule has 0 atom stereocenters. The fourth-order valence-electron chi connectivity index (χ4n) is 4.96. The van der Waals surface area contributed by atoms with E-state index >= 15 is 0 Å². The number of carbonyl (C=O) groups is 1. The van der Waals surface area contributed by atoms with Gasteiger partial charge in [0, 0.05) is 49.4 Å². The number of methoxy groups -OCH3 is 1. The highest BCUT2D eigenvalue weighted by Gasteiger charge is 2.25. The molecule has 206 valence electrons. The average molecular weight is 554 g/mol. The number of fused-ring (bicyclic) bond motifs is 2. The minimum atomic E-state index is -0.480. The van der Waals surface area contributed by atoms with Crippen LogP contribution in [0, 0.1) is 11.6 Å². The number of oxazole rings is 1. The van der Waals surface area contributed by atoms with Crippen molar-refractivity contribution in [2.45, 2.75) is 0 Å². The van der Waals surface area contributed by atoms with Gasteiger partial charge in [0.1, 0.15) is 28.4 Å². The van der Waals surface area contributed by atoms with Crippen molar-refractivity contribution in [3.05, 3.63) is 90.0 Å². The summed E-state index contributed by atoms with van der Waals surface area (Å²) in [7, 11) is 6.89. The van der Waals surface area contributed by atoms with Crippen LogP contribution in [0.4, 0.5) is 14.5 Å². The molecular weight excluding hydrogens is 528 g/mol. The Kier molecular flexibility index (Phi) is 6.42. The number of halogens is 2. The summed E-state index contributed by atoms with van der Waals surface area (Å²) < 4.78 is 45.8. The summed E-state index contributed by atoms with van der Waals surface area (Å²) >= 11 is 0. The van der Waals surface area contributed by atoms with Crippen molar-refractivity contribution < 1.29 is 27.1 Å². The van der Waals surface area contributed by atoms with Crippen LogP contribution in [0.1, 0.15) is 10.4 Å². The van der Waals surface area contributed by atoms with E-state index in [-0.39, 0.29) is 23.1 Å². The first kappa shape index (κ1) is 26.1. The molecule has 7 nitrogen and oxygen atoms in total. The standard InChI is InChI=1S/C32H25F2N3O4/c1-35-31(38)28-21-15-20(24(37(2)3)16-27(21)40-30(28)17-8-11-19(33)12-9-17)18-10-13-25(39-4)22(14-18)32-36-29-23(34)6-5-7-26(29)41-32/h5-16H,1-4H3,(H,35,38). The Morgan fingerprint density at radius 1 is 0.902 bits per heavy atom. The number of para-hydroxylation sites is 1. The van der Waals surface area contributed by atoms with Gasteiger partial charge in [-0.1, -0.05) is 12.1 Å². The first-order chi connectivity index (χ1) is 19.8. The third kappa shape index (κ3) is 4.45. The quantitative estimate of drug-likeness (QED) is 0.233. The Bertz CT molecular complexity index is 1940. The highest BCUT2D eigenvalue weighted by atomic mass is 19.1. The zero-order valence-electron chi connectivity index (χ0n) is 22.7. The maximum absolute atomic E-state index is 14.4. The van der Waals surface area contributed by atoms with E-state index in [9.17, 15) is 13.6 Å². The molecule has 1 N–H and O–H groups in total. The molecule has 6 rings (SSSR count). The van der Waals surface area contributed by atoms with Crippen LogP contribution in [0.25, 0.3) is 56.0 Å². The molecule has 0 bridgehead atoms. The van der Waals surface area contributed by atoms with Crippen LogP contribution in [0.15, 0.2) is 81.6 Å². The van der Waals surface area contributed by atoms with Gasteiger partial charge in [-0.05, 0) is 60.2 Å². The van der Waals surface area contributed by atoms with Crippen molar-refractivity contribution in [3.8, 4) is 39.7 Å². The zero-order chi connectivity index (χ0) is 28.8. The van der Waals surface area contributed by atoms with Crippen molar-refractivity contribution in [1.82, 2.24) is 10.3 Å². The molecule has 0 unspecified atom stereocenters. The Labute approximate surface area is 234 Å². The van der Waals surface area contributed by atoms with Gasteiger partial charge in [-0.2, -0.15) is 0 Å². The molecule has 9 heteroatoms. The minimum absolute atomic E-state index is 0.132. The Balaban J connectivity index is 1.59. The largest absolute Gasteiger partial charge is 0.496 e. The van der Waals surface area contributed by atoms with Crippen molar-refractivity contribution in [2.75, 3.05) is 33.2 Å². The Morgan fingerprint density at radius 2 is 1.66 bits per heavy atom. The predicted molar refractivity (Wildman–Crippen MR) is 154 cm³/mol. The van der Waals surface area contributed by atoms with E-state index in [0.29, 0.717) is 44.8 Å². The normalized spacial score (nSPS) is 11.3. The van der Waals surface area contributed by atoms with Crippen molar-refractivity contribution >= 4 is 33.7 Å². The molecule has 0 radical (unpaired) electrons. The second-order valence-corrected chi connectivity index (χ2v) is 9.67. The molecule has 4 aromatic carbocycles. The number of rotatable bonds is 6. The summed E-state index contributed by atoms with van der Waals surface area (Å²) in [6.45, 7) is 0. The van der Waals surface area contributed by atoms with E-state index in [2.05, 4.69) is 10.3 Å². The van der Waals surface area contributed by atoms with E-state index in [1.54, 1.807) is 37.4 Å². The van der Waals surface area contributed by atoms with Crippen LogP contribution in [0.2, 0.25) is 0 Å². The van der Waals surface area contributed by atoms with Crippen molar-refractivity contribution in [1.29, 1.82) is 0 Å². The van der Waals surface area contributed by atoms with Gasteiger partial charge in [-0.3, -0.25) is 4.79 Å². The SMILES string of the molecule is CNC(=O)c1c(-c2ccc(F)cc2)oc2cc(N(C)C)c(-c3ccc(OC)c(-c4nc5c(F)cccc5o4)c3)cc12. The summed E-state index contributed by atoms with van der Waals surface area (Å²) in [4.78, 5) is 19.5. The maximum Gasteiger partial charge on any atom is 0.255 e. The summed E-state index contributed by atoms with van der Waals surface area (Å²) in [6.07, 6.45) is 0. The van der Waals surface area contributed by atoms with Crippen molar-refractivity contribution in [2.24, 2.45) is 0 Å². The lowest BCUT2D eigenvalue weighted by Crippen LogP contribution is -2.18.